The van der Waals surface area contributed by atoms with Crippen molar-refractivity contribution in [3.05, 3.63) is 58.2 Å². The molecule has 0 amide bonds. The molecule has 0 fully saturated rings. The summed E-state index contributed by atoms with van der Waals surface area (Å²) in [5, 5.41) is 11.2. The Morgan fingerprint density at radius 2 is 1.67 bits per heavy atom. The maximum absolute atomic E-state index is 12.6. The highest BCUT2D eigenvalue weighted by atomic mass is 32.2. The third-order valence-corrected chi connectivity index (χ3v) is 5.71. The van der Waals surface area contributed by atoms with E-state index in [1.807, 2.05) is 0 Å². The third kappa shape index (κ3) is 5.09. The van der Waals surface area contributed by atoms with Crippen molar-refractivity contribution in [2.24, 2.45) is 4.99 Å². The van der Waals surface area contributed by atoms with Crippen LogP contribution in [-0.4, -0.2) is 51.2 Å². The Kier molecular flexibility index (Phi) is 7.89. The fourth-order valence-electron chi connectivity index (χ4n) is 3.15. The van der Waals surface area contributed by atoms with Crippen LogP contribution in [0.1, 0.15) is 12.5 Å². The molecule has 1 aliphatic heterocycles. The van der Waals surface area contributed by atoms with Gasteiger partial charge >= 0.3 is 5.97 Å². The number of esters is 1. The second-order valence-corrected chi connectivity index (χ2v) is 7.62. The van der Waals surface area contributed by atoms with E-state index in [-0.39, 0.29) is 17.9 Å². The van der Waals surface area contributed by atoms with Gasteiger partial charge in [-0.1, -0.05) is 11.8 Å². The number of benzene rings is 2. The van der Waals surface area contributed by atoms with E-state index in [0.717, 1.165) is 11.8 Å². The number of aliphatic hydroxyl groups is 1. The number of hydrogen-bond donors (Lipinski definition) is 1. The van der Waals surface area contributed by atoms with Crippen molar-refractivity contribution in [3.8, 4) is 23.0 Å². The minimum absolute atomic E-state index is 0.00311. The number of rotatable bonds is 8. The molecule has 33 heavy (non-hydrogen) atoms. The summed E-state index contributed by atoms with van der Waals surface area (Å²) in [5.41, 5.74) is 1.22. The summed E-state index contributed by atoms with van der Waals surface area (Å²) in [4.78, 5) is 17.6. The van der Waals surface area contributed by atoms with Crippen molar-refractivity contribution < 1.29 is 33.6 Å². The largest absolute Gasteiger partial charge is 0.506 e. The van der Waals surface area contributed by atoms with Crippen molar-refractivity contribution in [3.63, 3.8) is 0 Å². The lowest BCUT2D eigenvalue weighted by Gasteiger charge is -2.14. The Balaban J connectivity index is 2.09. The van der Waals surface area contributed by atoms with Gasteiger partial charge in [0, 0.05) is 5.56 Å². The quantitative estimate of drug-likeness (QED) is 0.543. The lowest BCUT2D eigenvalue weighted by molar-refractivity contribution is -0.138. The number of aliphatic hydroxyl groups excluding tert-OH is 1. The van der Waals surface area contributed by atoms with Crippen molar-refractivity contribution in [1.29, 1.82) is 0 Å². The molecule has 0 unspecified atom stereocenters. The van der Waals surface area contributed by atoms with E-state index >= 15 is 0 Å². The highest BCUT2D eigenvalue weighted by molar-refractivity contribution is 8.18. The number of ether oxygens (including phenoxy) is 5. The zero-order chi connectivity index (χ0) is 24.0. The average Bonchev–Trinajstić information content (AvgIpc) is 3.13. The van der Waals surface area contributed by atoms with Gasteiger partial charge in [0.1, 0.15) is 22.1 Å². The molecule has 1 heterocycles. The number of carbonyl (C=O) groups excluding carboxylic acids is 1. The SMILES string of the molecule is CCOC(=O)C1=C(O)/C(=C\c2ccc(OC)c(OC)c2OC)SC1=Nc1ccc(OC)cc1. The predicted molar refractivity (Wildman–Crippen MR) is 128 cm³/mol. The Bertz CT molecular complexity index is 1120. The van der Waals surface area contributed by atoms with Crippen molar-refractivity contribution in [1.82, 2.24) is 0 Å². The minimum Gasteiger partial charge on any atom is -0.506 e. The number of hydrogen-bond acceptors (Lipinski definition) is 9. The van der Waals surface area contributed by atoms with Crippen molar-refractivity contribution >= 4 is 34.5 Å². The first-order valence-electron chi connectivity index (χ1n) is 9.99. The van der Waals surface area contributed by atoms with Gasteiger partial charge in [-0.3, -0.25) is 0 Å². The molecule has 1 N–H and O–H groups in total. The van der Waals surface area contributed by atoms with E-state index in [9.17, 15) is 9.90 Å². The highest BCUT2D eigenvalue weighted by Crippen LogP contribution is 2.44. The maximum Gasteiger partial charge on any atom is 0.344 e. The Hall–Kier alpha value is -3.59. The fraction of sp³-hybridized carbons (Fsp3) is 0.250. The summed E-state index contributed by atoms with van der Waals surface area (Å²) in [6.07, 6.45) is 1.69. The zero-order valence-electron chi connectivity index (χ0n) is 19.0. The third-order valence-electron chi connectivity index (χ3n) is 4.69. The van der Waals surface area contributed by atoms with Crippen LogP contribution in [-0.2, 0) is 9.53 Å². The number of aliphatic imine (C=N–C) groups is 1. The number of methoxy groups -OCH3 is 4. The van der Waals surface area contributed by atoms with Gasteiger partial charge in [0.2, 0.25) is 5.75 Å². The smallest absolute Gasteiger partial charge is 0.344 e. The zero-order valence-corrected chi connectivity index (χ0v) is 19.8. The van der Waals surface area contributed by atoms with Crippen LogP contribution in [0.15, 0.2) is 57.6 Å². The maximum atomic E-state index is 12.6. The number of carbonyl (C=O) groups is 1. The predicted octanol–water partition coefficient (Wildman–Crippen LogP) is 4.91. The molecule has 0 radical (unpaired) electrons. The lowest BCUT2D eigenvalue weighted by Crippen LogP contribution is -2.12. The minimum atomic E-state index is -0.655. The van der Waals surface area contributed by atoms with Gasteiger partial charge in [-0.05, 0) is 49.4 Å². The first kappa shape index (κ1) is 24.1. The molecule has 3 rings (SSSR count). The molecule has 2 aromatic carbocycles. The van der Waals surface area contributed by atoms with Crippen LogP contribution >= 0.6 is 11.8 Å². The van der Waals surface area contributed by atoms with E-state index in [1.165, 1.54) is 21.3 Å². The standard InChI is InChI=1S/C24H25NO7S/c1-6-32-24(27)19-20(26)18(33-23(19)25-15-8-10-16(28-2)11-9-15)13-14-7-12-17(29-3)22(31-5)21(14)30-4/h7-13,26H,6H2,1-5H3/b18-13+,25-23?. The molecule has 0 saturated heterocycles. The summed E-state index contributed by atoms with van der Waals surface area (Å²) in [6, 6.07) is 10.5. The molecule has 0 saturated carbocycles. The second kappa shape index (κ2) is 10.8. The van der Waals surface area contributed by atoms with E-state index in [4.69, 9.17) is 23.7 Å². The second-order valence-electron chi connectivity index (χ2n) is 6.59. The van der Waals surface area contributed by atoms with Crippen LogP contribution in [0, 0.1) is 0 Å². The van der Waals surface area contributed by atoms with E-state index < -0.39 is 5.97 Å². The summed E-state index contributed by atoms with van der Waals surface area (Å²) >= 11 is 1.15. The van der Waals surface area contributed by atoms with Gasteiger partial charge in [0.05, 0.1) is 45.6 Å². The summed E-state index contributed by atoms with van der Waals surface area (Å²) in [5.74, 6) is 1.15. The highest BCUT2D eigenvalue weighted by Gasteiger charge is 2.33. The molecule has 1 aliphatic rings. The molecule has 0 spiro atoms. The molecular formula is C24H25NO7S. The van der Waals surface area contributed by atoms with Crippen LogP contribution < -0.4 is 18.9 Å². The van der Waals surface area contributed by atoms with Gasteiger partial charge in [-0.2, -0.15) is 0 Å². The Morgan fingerprint density at radius 3 is 2.24 bits per heavy atom. The van der Waals surface area contributed by atoms with Gasteiger partial charge in [0.25, 0.3) is 0 Å². The van der Waals surface area contributed by atoms with E-state index in [2.05, 4.69) is 4.99 Å². The molecule has 0 aromatic heterocycles. The fourth-order valence-corrected chi connectivity index (χ4v) is 4.17. The van der Waals surface area contributed by atoms with Gasteiger partial charge in [0.15, 0.2) is 11.5 Å². The lowest BCUT2D eigenvalue weighted by atomic mass is 10.1. The van der Waals surface area contributed by atoms with E-state index in [0.29, 0.717) is 44.2 Å². The molecule has 0 atom stereocenters. The average molecular weight is 472 g/mol. The Labute approximate surface area is 196 Å². The summed E-state index contributed by atoms with van der Waals surface area (Å²) in [7, 11) is 6.13. The van der Waals surface area contributed by atoms with E-state index in [1.54, 1.807) is 56.5 Å². The monoisotopic (exact) mass is 471 g/mol. The first-order chi connectivity index (χ1) is 16.0. The molecule has 9 heteroatoms. The normalized spacial score (nSPS) is 15.7. The number of nitrogens with zero attached hydrogens (tertiary/aromatic N) is 1. The summed E-state index contributed by atoms with van der Waals surface area (Å²) in [6.45, 7) is 1.86. The van der Waals surface area contributed by atoms with Crippen LogP contribution in [0.5, 0.6) is 23.0 Å². The van der Waals surface area contributed by atoms with Gasteiger partial charge in [-0.15, -0.1) is 0 Å². The van der Waals surface area contributed by atoms with Crippen LogP contribution in [0.4, 0.5) is 5.69 Å². The molecule has 0 aliphatic carbocycles. The molecule has 2 aromatic rings. The molecule has 0 bridgehead atoms. The number of thioether (sulfide) groups is 1. The molecular weight excluding hydrogens is 446 g/mol. The first-order valence-corrected chi connectivity index (χ1v) is 10.8. The van der Waals surface area contributed by atoms with Crippen LogP contribution in [0.25, 0.3) is 6.08 Å². The Morgan fingerprint density at radius 1 is 0.970 bits per heavy atom. The van der Waals surface area contributed by atoms with Crippen molar-refractivity contribution in [2.75, 3.05) is 35.0 Å². The molecule has 174 valence electrons. The van der Waals surface area contributed by atoms with Crippen LogP contribution in [0.2, 0.25) is 0 Å². The van der Waals surface area contributed by atoms with Crippen LogP contribution in [0.3, 0.4) is 0 Å². The summed E-state index contributed by atoms with van der Waals surface area (Å²) < 4.78 is 26.6. The molecule has 8 nitrogen and oxygen atoms in total. The van der Waals surface area contributed by atoms with Gasteiger partial charge in [-0.25, -0.2) is 9.79 Å². The topological polar surface area (TPSA) is 95.8 Å². The van der Waals surface area contributed by atoms with Crippen molar-refractivity contribution in [2.45, 2.75) is 6.92 Å². The van der Waals surface area contributed by atoms with Gasteiger partial charge < -0.3 is 28.8 Å².